The molecule has 0 aromatic heterocycles. The Morgan fingerprint density at radius 3 is 2.67 bits per heavy atom. The highest BCUT2D eigenvalue weighted by Gasteiger charge is 2.34. The molecule has 1 N–H and O–H groups in total. The molecule has 3 rings (SSSR count). The summed E-state index contributed by atoms with van der Waals surface area (Å²) in [6.45, 7) is 7.06. The van der Waals surface area contributed by atoms with E-state index in [-0.39, 0.29) is 0 Å². The third kappa shape index (κ3) is 4.08. The van der Waals surface area contributed by atoms with Crippen LogP contribution in [0.2, 0.25) is 0 Å². The molecule has 0 aromatic carbocycles. The van der Waals surface area contributed by atoms with Crippen molar-refractivity contribution in [3.8, 4) is 0 Å². The average molecular weight is 311 g/mol. The number of thiocarbonyl (C=S) groups is 1. The second-order valence-electron chi connectivity index (χ2n) is 6.63. The molecule has 2 aliphatic heterocycles. The number of likely N-dealkylation sites (tertiary alicyclic amines) is 1. The van der Waals surface area contributed by atoms with E-state index < -0.39 is 0 Å². The van der Waals surface area contributed by atoms with E-state index >= 15 is 0 Å². The van der Waals surface area contributed by atoms with Crippen LogP contribution in [-0.4, -0.2) is 66.9 Å². The molecule has 0 spiro atoms. The van der Waals surface area contributed by atoms with Crippen molar-refractivity contribution >= 4 is 17.3 Å². The molecule has 3 fully saturated rings. The zero-order valence-electron chi connectivity index (χ0n) is 13.1. The van der Waals surface area contributed by atoms with Crippen LogP contribution >= 0.6 is 12.2 Å². The maximum atomic E-state index is 5.68. The molecule has 0 bridgehead atoms. The lowest BCUT2D eigenvalue weighted by molar-refractivity contribution is 0.0387. The standard InChI is InChI=1S/C16H29N3OS/c21-16(17-7-9-18-10-12-20-13-11-18)19-8-3-5-14-4-1-2-6-15(14)19/h14-15H,1-13H2,(H,17,21). The zero-order chi connectivity index (χ0) is 14.5. The molecule has 2 atom stereocenters. The van der Waals surface area contributed by atoms with Gasteiger partial charge < -0.3 is 15.0 Å². The first kappa shape index (κ1) is 15.5. The van der Waals surface area contributed by atoms with E-state index in [2.05, 4.69) is 15.1 Å². The van der Waals surface area contributed by atoms with Crippen molar-refractivity contribution in [2.75, 3.05) is 45.9 Å². The number of hydrogen-bond donors (Lipinski definition) is 1. The van der Waals surface area contributed by atoms with Crippen molar-refractivity contribution in [2.24, 2.45) is 5.92 Å². The molecule has 2 heterocycles. The van der Waals surface area contributed by atoms with Crippen LogP contribution in [-0.2, 0) is 4.74 Å². The summed E-state index contributed by atoms with van der Waals surface area (Å²) in [6.07, 6.45) is 8.29. The summed E-state index contributed by atoms with van der Waals surface area (Å²) in [5, 5.41) is 4.51. The number of nitrogens with one attached hydrogen (secondary N) is 1. The lowest BCUT2D eigenvalue weighted by Crippen LogP contribution is -2.54. The van der Waals surface area contributed by atoms with E-state index in [1.807, 2.05) is 0 Å². The Morgan fingerprint density at radius 2 is 1.81 bits per heavy atom. The maximum Gasteiger partial charge on any atom is 0.169 e. The summed E-state index contributed by atoms with van der Waals surface area (Å²) >= 11 is 5.68. The molecule has 2 unspecified atom stereocenters. The van der Waals surface area contributed by atoms with Crippen molar-refractivity contribution in [1.82, 2.24) is 15.1 Å². The molecule has 0 amide bonds. The third-order valence-corrected chi connectivity index (χ3v) is 5.69. The molecule has 2 saturated heterocycles. The summed E-state index contributed by atoms with van der Waals surface area (Å²) in [4.78, 5) is 4.96. The SMILES string of the molecule is S=C(NCCN1CCOCC1)N1CCCC2CCCCC21. The van der Waals surface area contributed by atoms with E-state index in [9.17, 15) is 0 Å². The Morgan fingerprint density at radius 1 is 1.05 bits per heavy atom. The molecule has 21 heavy (non-hydrogen) atoms. The minimum absolute atomic E-state index is 0.718. The molecule has 0 radical (unpaired) electrons. The molecule has 120 valence electrons. The summed E-state index contributed by atoms with van der Waals surface area (Å²) < 4.78 is 5.39. The fourth-order valence-corrected chi connectivity index (χ4v) is 4.45. The van der Waals surface area contributed by atoms with Gasteiger partial charge in [0, 0.05) is 38.8 Å². The Labute approximate surface area is 134 Å². The van der Waals surface area contributed by atoms with Gasteiger partial charge in [0.15, 0.2) is 5.11 Å². The topological polar surface area (TPSA) is 27.7 Å². The lowest BCUT2D eigenvalue weighted by Gasteiger charge is -2.45. The summed E-state index contributed by atoms with van der Waals surface area (Å²) in [6, 6.07) is 0.718. The number of fused-ring (bicyclic) bond motifs is 1. The number of nitrogens with zero attached hydrogens (tertiary/aromatic N) is 2. The van der Waals surface area contributed by atoms with Crippen molar-refractivity contribution in [3.05, 3.63) is 0 Å². The van der Waals surface area contributed by atoms with Crippen molar-refractivity contribution in [1.29, 1.82) is 0 Å². The van der Waals surface area contributed by atoms with Crippen LogP contribution in [0.15, 0.2) is 0 Å². The van der Waals surface area contributed by atoms with Crippen molar-refractivity contribution < 1.29 is 4.74 Å². The molecule has 1 aliphatic carbocycles. The Hall–Kier alpha value is -0.390. The number of morpholine rings is 1. The van der Waals surface area contributed by atoms with Gasteiger partial charge in [-0.15, -0.1) is 0 Å². The van der Waals surface area contributed by atoms with Gasteiger partial charge in [-0.1, -0.05) is 12.8 Å². The van der Waals surface area contributed by atoms with Gasteiger partial charge in [-0.25, -0.2) is 0 Å². The Kier molecular flexibility index (Phi) is 5.72. The number of hydrogen-bond acceptors (Lipinski definition) is 3. The van der Waals surface area contributed by atoms with E-state index in [0.29, 0.717) is 0 Å². The predicted octanol–water partition coefficient (Wildman–Crippen LogP) is 1.85. The molecule has 1 saturated carbocycles. The summed E-state index contributed by atoms with van der Waals surface area (Å²) in [5.41, 5.74) is 0. The number of piperidine rings is 1. The monoisotopic (exact) mass is 311 g/mol. The Bertz CT molecular complexity index is 344. The van der Waals surface area contributed by atoms with Gasteiger partial charge in [0.05, 0.1) is 13.2 Å². The molecular weight excluding hydrogens is 282 g/mol. The van der Waals surface area contributed by atoms with Crippen LogP contribution in [0.5, 0.6) is 0 Å². The normalized spacial score (nSPS) is 30.8. The predicted molar refractivity (Wildman–Crippen MR) is 89.5 cm³/mol. The highest BCUT2D eigenvalue weighted by molar-refractivity contribution is 7.80. The van der Waals surface area contributed by atoms with E-state index in [0.717, 1.165) is 63.0 Å². The van der Waals surface area contributed by atoms with Gasteiger partial charge in [0.1, 0.15) is 0 Å². The summed E-state index contributed by atoms with van der Waals surface area (Å²) in [7, 11) is 0. The van der Waals surface area contributed by atoms with Gasteiger partial charge in [-0.05, 0) is 43.8 Å². The first-order valence-corrected chi connectivity index (χ1v) is 9.10. The van der Waals surface area contributed by atoms with Crippen LogP contribution in [0, 0.1) is 5.92 Å². The zero-order valence-corrected chi connectivity index (χ0v) is 13.9. The van der Waals surface area contributed by atoms with Crippen LogP contribution in [0.4, 0.5) is 0 Å². The summed E-state index contributed by atoms with van der Waals surface area (Å²) in [5.74, 6) is 0.895. The first-order chi connectivity index (χ1) is 10.3. The van der Waals surface area contributed by atoms with Gasteiger partial charge in [-0.3, -0.25) is 4.90 Å². The molecular formula is C16H29N3OS. The average Bonchev–Trinajstić information content (AvgIpc) is 2.55. The molecule has 5 heteroatoms. The van der Waals surface area contributed by atoms with Gasteiger partial charge in [-0.2, -0.15) is 0 Å². The highest BCUT2D eigenvalue weighted by atomic mass is 32.1. The first-order valence-electron chi connectivity index (χ1n) is 8.69. The minimum atomic E-state index is 0.718. The molecule has 0 aromatic rings. The van der Waals surface area contributed by atoms with Crippen LogP contribution in [0.1, 0.15) is 38.5 Å². The largest absolute Gasteiger partial charge is 0.379 e. The molecule has 3 aliphatic rings. The van der Waals surface area contributed by atoms with Gasteiger partial charge in [0.2, 0.25) is 0 Å². The maximum absolute atomic E-state index is 5.68. The second-order valence-corrected chi connectivity index (χ2v) is 7.02. The lowest BCUT2D eigenvalue weighted by atomic mass is 9.78. The Balaban J connectivity index is 1.43. The van der Waals surface area contributed by atoms with Crippen LogP contribution in [0.3, 0.4) is 0 Å². The number of ether oxygens (including phenoxy) is 1. The van der Waals surface area contributed by atoms with E-state index in [4.69, 9.17) is 17.0 Å². The highest BCUT2D eigenvalue weighted by Crippen LogP contribution is 2.35. The third-order valence-electron chi connectivity index (χ3n) is 5.31. The van der Waals surface area contributed by atoms with E-state index in [1.165, 1.54) is 38.5 Å². The smallest absolute Gasteiger partial charge is 0.169 e. The van der Waals surface area contributed by atoms with Crippen molar-refractivity contribution in [2.45, 2.75) is 44.6 Å². The fraction of sp³-hybridized carbons (Fsp3) is 0.938. The number of rotatable bonds is 3. The second kappa shape index (κ2) is 7.75. The quantitative estimate of drug-likeness (QED) is 0.803. The van der Waals surface area contributed by atoms with Crippen LogP contribution in [0.25, 0.3) is 0 Å². The van der Waals surface area contributed by atoms with Crippen molar-refractivity contribution in [3.63, 3.8) is 0 Å². The van der Waals surface area contributed by atoms with E-state index in [1.54, 1.807) is 0 Å². The minimum Gasteiger partial charge on any atom is -0.379 e. The van der Waals surface area contributed by atoms with Gasteiger partial charge >= 0.3 is 0 Å². The van der Waals surface area contributed by atoms with Crippen LogP contribution < -0.4 is 5.32 Å². The fourth-order valence-electron chi connectivity index (χ4n) is 4.12. The van der Waals surface area contributed by atoms with Gasteiger partial charge in [0.25, 0.3) is 0 Å². The molecule has 4 nitrogen and oxygen atoms in total.